The minimum Gasteiger partial charge on any atom is -0.484 e. The molecule has 5 heteroatoms. The number of ether oxygens (including phenoxy) is 2. The Kier molecular flexibility index (Phi) is 7.06. The first-order valence-electron chi connectivity index (χ1n) is 9.87. The molecule has 0 radical (unpaired) electrons. The van der Waals surface area contributed by atoms with Gasteiger partial charge in [0.25, 0.3) is 5.91 Å². The molecule has 1 aliphatic rings. The summed E-state index contributed by atoms with van der Waals surface area (Å²) in [6.07, 6.45) is 0. The van der Waals surface area contributed by atoms with Crippen LogP contribution < -0.4 is 10.1 Å². The summed E-state index contributed by atoms with van der Waals surface area (Å²) in [5, 5.41) is 3.15. The minimum atomic E-state index is -0.114. The highest BCUT2D eigenvalue weighted by Gasteiger charge is 2.20. The fourth-order valence-electron chi connectivity index (χ4n) is 3.26. The normalized spacial score (nSPS) is 15.8. The Morgan fingerprint density at radius 1 is 1.07 bits per heavy atom. The van der Waals surface area contributed by atoms with E-state index in [1.807, 2.05) is 25.1 Å². The molecular weight excluding hydrogens is 352 g/mol. The molecule has 1 heterocycles. The van der Waals surface area contributed by atoms with Crippen molar-refractivity contribution in [3.8, 4) is 5.75 Å². The maximum absolute atomic E-state index is 12.6. The van der Waals surface area contributed by atoms with Gasteiger partial charge in [-0.05, 0) is 49.6 Å². The van der Waals surface area contributed by atoms with Gasteiger partial charge in [0.05, 0.1) is 19.3 Å². The number of carbonyl (C=O) groups is 1. The summed E-state index contributed by atoms with van der Waals surface area (Å²) in [5.74, 6) is 0.607. The molecule has 0 aromatic heterocycles. The molecule has 1 amide bonds. The lowest BCUT2D eigenvalue weighted by Crippen LogP contribution is -2.44. The predicted octanol–water partition coefficient (Wildman–Crippen LogP) is 3.18. The highest BCUT2D eigenvalue weighted by Crippen LogP contribution is 2.18. The van der Waals surface area contributed by atoms with Crippen LogP contribution in [-0.4, -0.2) is 50.3 Å². The SMILES string of the molecule is Cc1ccc(C(CN2CCOCC2)NC(=O)COc2ccc(C)c(C)c2)cc1. The first-order chi connectivity index (χ1) is 13.5. The van der Waals surface area contributed by atoms with Gasteiger partial charge in [0.15, 0.2) is 6.61 Å². The van der Waals surface area contributed by atoms with Crippen LogP contribution in [0.4, 0.5) is 0 Å². The van der Waals surface area contributed by atoms with Crippen LogP contribution in [0.15, 0.2) is 42.5 Å². The second kappa shape index (κ2) is 9.71. The van der Waals surface area contributed by atoms with Crippen LogP contribution in [0.5, 0.6) is 5.75 Å². The largest absolute Gasteiger partial charge is 0.484 e. The molecule has 28 heavy (non-hydrogen) atoms. The van der Waals surface area contributed by atoms with Crippen LogP contribution >= 0.6 is 0 Å². The number of hydrogen-bond donors (Lipinski definition) is 1. The van der Waals surface area contributed by atoms with E-state index in [0.717, 1.165) is 49.7 Å². The maximum atomic E-state index is 12.6. The van der Waals surface area contributed by atoms with Crippen molar-refractivity contribution in [1.29, 1.82) is 0 Å². The third-order valence-corrected chi connectivity index (χ3v) is 5.21. The summed E-state index contributed by atoms with van der Waals surface area (Å²) >= 11 is 0. The summed E-state index contributed by atoms with van der Waals surface area (Å²) < 4.78 is 11.1. The molecule has 0 aliphatic carbocycles. The van der Waals surface area contributed by atoms with E-state index in [1.165, 1.54) is 11.1 Å². The Balaban J connectivity index is 1.62. The van der Waals surface area contributed by atoms with Crippen LogP contribution in [0, 0.1) is 20.8 Å². The molecular formula is C23H30N2O3. The van der Waals surface area contributed by atoms with Crippen molar-refractivity contribution < 1.29 is 14.3 Å². The topological polar surface area (TPSA) is 50.8 Å². The van der Waals surface area contributed by atoms with E-state index in [-0.39, 0.29) is 18.6 Å². The number of rotatable bonds is 7. The van der Waals surface area contributed by atoms with Gasteiger partial charge >= 0.3 is 0 Å². The number of carbonyl (C=O) groups excluding carboxylic acids is 1. The van der Waals surface area contributed by atoms with Gasteiger partial charge in [0.2, 0.25) is 0 Å². The van der Waals surface area contributed by atoms with Crippen molar-refractivity contribution in [1.82, 2.24) is 10.2 Å². The number of nitrogens with zero attached hydrogens (tertiary/aromatic N) is 1. The van der Waals surface area contributed by atoms with E-state index in [2.05, 4.69) is 48.3 Å². The Morgan fingerprint density at radius 2 is 1.79 bits per heavy atom. The fourth-order valence-corrected chi connectivity index (χ4v) is 3.26. The van der Waals surface area contributed by atoms with Crippen LogP contribution in [0.3, 0.4) is 0 Å². The van der Waals surface area contributed by atoms with E-state index in [9.17, 15) is 4.79 Å². The summed E-state index contributed by atoms with van der Waals surface area (Å²) in [4.78, 5) is 14.9. The molecule has 1 atom stereocenters. The number of hydrogen-bond acceptors (Lipinski definition) is 4. The molecule has 1 aliphatic heterocycles. The van der Waals surface area contributed by atoms with Crippen molar-refractivity contribution in [2.45, 2.75) is 26.8 Å². The lowest BCUT2D eigenvalue weighted by atomic mass is 10.0. The van der Waals surface area contributed by atoms with E-state index < -0.39 is 0 Å². The fraction of sp³-hybridized carbons (Fsp3) is 0.435. The van der Waals surface area contributed by atoms with Gasteiger partial charge < -0.3 is 14.8 Å². The van der Waals surface area contributed by atoms with Gasteiger partial charge in [-0.3, -0.25) is 9.69 Å². The molecule has 2 aromatic carbocycles. The lowest BCUT2D eigenvalue weighted by Gasteiger charge is -2.31. The van der Waals surface area contributed by atoms with Crippen LogP contribution in [0.1, 0.15) is 28.3 Å². The second-order valence-electron chi connectivity index (χ2n) is 7.48. The summed E-state index contributed by atoms with van der Waals surface area (Å²) in [7, 11) is 0. The molecule has 5 nitrogen and oxygen atoms in total. The Morgan fingerprint density at radius 3 is 2.46 bits per heavy atom. The van der Waals surface area contributed by atoms with Crippen LogP contribution in [0.25, 0.3) is 0 Å². The number of nitrogens with one attached hydrogen (secondary N) is 1. The molecule has 2 aromatic rings. The molecule has 3 rings (SSSR count). The summed E-state index contributed by atoms with van der Waals surface area (Å²) in [5.41, 5.74) is 4.68. The monoisotopic (exact) mass is 382 g/mol. The molecule has 0 saturated carbocycles. The number of benzene rings is 2. The maximum Gasteiger partial charge on any atom is 0.258 e. The average molecular weight is 383 g/mol. The van der Waals surface area contributed by atoms with Gasteiger partial charge in [0.1, 0.15) is 5.75 Å². The minimum absolute atomic E-state index is 0.00791. The van der Waals surface area contributed by atoms with Gasteiger partial charge in [-0.25, -0.2) is 0 Å². The van der Waals surface area contributed by atoms with Crippen molar-refractivity contribution >= 4 is 5.91 Å². The molecule has 0 spiro atoms. The van der Waals surface area contributed by atoms with E-state index >= 15 is 0 Å². The molecule has 0 bridgehead atoms. The van der Waals surface area contributed by atoms with Crippen LogP contribution in [0.2, 0.25) is 0 Å². The predicted molar refractivity (Wildman–Crippen MR) is 111 cm³/mol. The number of morpholine rings is 1. The molecule has 1 saturated heterocycles. The first kappa shape index (κ1) is 20.4. The third kappa shape index (κ3) is 5.81. The number of aryl methyl sites for hydroxylation is 3. The third-order valence-electron chi connectivity index (χ3n) is 5.21. The van der Waals surface area contributed by atoms with Crippen molar-refractivity contribution in [3.63, 3.8) is 0 Å². The zero-order valence-corrected chi connectivity index (χ0v) is 17.0. The molecule has 1 N–H and O–H groups in total. The summed E-state index contributed by atoms with van der Waals surface area (Å²) in [6.45, 7) is 10.2. The summed E-state index contributed by atoms with van der Waals surface area (Å²) in [6, 6.07) is 14.1. The zero-order valence-electron chi connectivity index (χ0n) is 17.0. The second-order valence-corrected chi connectivity index (χ2v) is 7.48. The Labute approximate surface area is 167 Å². The quantitative estimate of drug-likeness (QED) is 0.799. The number of amides is 1. The Hall–Kier alpha value is -2.37. The smallest absolute Gasteiger partial charge is 0.258 e. The van der Waals surface area contributed by atoms with Gasteiger partial charge in [-0.1, -0.05) is 35.9 Å². The van der Waals surface area contributed by atoms with E-state index in [0.29, 0.717) is 0 Å². The molecule has 1 unspecified atom stereocenters. The van der Waals surface area contributed by atoms with E-state index in [4.69, 9.17) is 9.47 Å². The van der Waals surface area contributed by atoms with Crippen molar-refractivity contribution in [2.24, 2.45) is 0 Å². The highest BCUT2D eigenvalue weighted by molar-refractivity contribution is 5.78. The zero-order chi connectivity index (χ0) is 19.9. The molecule has 150 valence electrons. The van der Waals surface area contributed by atoms with Crippen molar-refractivity contribution in [2.75, 3.05) is 39.5 Å². The van der Waals surface area contributed by atoms with Gasteiger partial charge in [-0.15, -0.1) is 0 Å². The van der Waals surface area contributed by atoms with Crippen molar-refractivity contribution in [3.05, 3.63) is 64.7 Å². The molecule has 1 fully saturated rings. The van der Waals surface area contributed by atoms with Gasteiger partial charge in [0, 0.05) is 19.6 Å². The highest BCUT2D eigenvalue weighted by atomic mass is 16.5. The Bertz CT molecular complexity index is 783. The average Bonchev–Trinajstić information content (AvgIpc) is 2.70. The standard InChI is InChI=1S/C23H30N2O3/c1-17-4-7-20(8-5-17)22(15-25-10-12-27-13-11-25)24-23(26)16-28-21-9-6-18(2)19(3)14-21/h4-9,14,22H,10-13,15-16H2,1-3H3,(H,24,26). The van der Waals surface area contributed by atoms with Crippen LogP contribution in [-0.2, 0) is 9.53 Å². The first-order valence-corrected chi connectivity index (χ1v) is 9.87. The van der Waals surface area contributed by atoms with Gasteiger partial charge in [-0.2, -0.15) is 0 Å². The van der Waals surface area contributed by atoms with E-state index in [1.54, 1.807) is 0 Å². The lowest BCUT2D eigenvalue weighted by molar-refractivity contribution is -0.124.